The molecular weight excluding hydrogens is 210 g/mol. The number of carbonyl (C=O) groups excluding carboxylic acids is 2. The minimum atomic E-state index is 0.188. The molecule has 0 aliphatic carbocycles. The molecule has 0 unspecified atom stereocenters. The Kier molecular flexibility index (Phi) is 5.15. The predicted molar refractivity (Wildman–Crippen MR) is 63.0 cm³/mol. The van der Waals surface area contributed by atoms with Crippen LogP contribution in [0, 0.1) is 5.92 Å². The molecule has 1 rings (SSSR count). The summed E-state index contributed by atoms with van der Waals surface area (Å²) in [7, 11) is 0. The first-order valence-corrected chi connectivity index (χ1v) is 6.62. The number of thioether (sulfide) groups is 1. The van der Waals surface area contributed by atoms with Crippen molar-refractivity contribution in [1.82, 2.24) is 4.90 Å². The lowest BCUT2D eigenvalue weighted by atomic mass is 10.1. The molecule has 3 nitrogen and oxygen atoms in total. The molecule has 0 bridgehead atoms. The Morgan fingerprint density at radius 3 is 2.53 bits per heavy atom. The SMILES string of the molecule is CC(C)CSCC(=O)N1CCC(=O)CC1. The van der Waals surface area contributed by atoms with Crippen LogP contribution >= 0.6 is 11.8 Å². The van der Waals surface area contributed by atoms with Gasteiger partial charge in [-0.3, -0.25) is 9.59 Å². The van der Waals surface area contributed by atoms with Gasteiger partial charge in [0.1, 0.15) is 5.78 Å². The molecule has 0 atom stereocenters. The van der Waals surface area contributed by atoms with Crippen molar-refractivity contribution in [2.45, 2.75) is 26.7 Å². The molecule has 1 aliphatic heterocycles. The van der Waals surface area contributed by atoms with Crippen LogP contribution in [0.25, 0.3) is 0 Å². The lowest BCUT2D eigenvalue weighted by Crippen LogP contribution is -2.39. The molecule has 0 aromatic carbocycles. The summed E-state index contributed by atoms with van der Waals surface area (Å²) < 4.78 is 0. The van der Waals surface area contributed by atoms with Crippen molar-refractivity contribution in [1.29, 1.82) is 0 Å². The summed E-state index contributed by atoms with van der Waals surface area (Å²) in [4.78, 5) is 24.5. The van der Waals surface area contributed by atoms with Gasteiger partial charge in [-0.15, -0.1) is 0 Å². The average molecular weight is 229 g/mol. The normalized spacial score (nSPS) is 17.3. The highest BCUT2D eigenvalue weighted by molar-refractivity contribution is 7.99. The van der Waals surface area contributed by atoms with Gasteiger partial charge >= 0.3 is 0 Å². The van der Waals surface area contributed by atoms with E-state index in [2.05, 4.69) is 13.8 Å². The van der Waals surface area contributed by atoms with Crippen molar-refractivity contribution in [3.63, 3.8) is 0 Å². The van der Waals surface area contributed by atoms with E-state index in [0.717, 1.165) is 5.75 Å². The lowest BCUT2D eigenvalue weighted by molar-refractivity contribution is -0.132. The first-order valence-electron chi connectivity index (χ1n) is 5.47. The van der Waals surface area contributed by atoms with E-state index in [0.29, 0.717) is 37.6 Å². The number of likely N-dealkylation sites (tertiary alicyclic amines) is 1. The fourth-order valence-corrected chi connectivity index (χ4v) is 2.43. The van der Waals surface area contributed by atoms with Crippen LogP contribution in [0.2, 0.25) is 0 Å². The van der Waals surface area contributed by atoms with Crippen molar-refractivity contribution < 1.29 is 9.59 Å². The first-order chi connectivity index (χ1) is 7.09. The zero-order chi connectivity index (χ0) is 11.3. The number of piperidine rings is 1. The predicted octanol–water partition coefficient (Wildman–Crippen LogP) is 1.57. The van der Waals surface area contributed by atoms with E-state index >= 15 is 0 Å². The van der Waals surface area contributed by atoms with Gasteiger partial charge in [0, 0.05) is 25.9 Å². The van der Waals surface area contributed by atoms with E-state index < -0.39 is 0 Å². The topological polar surface area (TPSA) is 37.4 Å². The molecule has 0 spiro atoms. The maximum Gasteiger partial charge on any atom is 0.232 e. The van der Waals surface area contributed by atoms with Crippen LogP contribution in [-0.4, -0.2) is 41.2 Å². The standard InChI is InChI=1S/C11H19NO2S/c1-9(2)7-15-8-11(14)12-5-3-10(13)4-6-12/h9H,3-8H2,1-2H3. The molecule has 1 heterocycles. The van der Waals surface area contributed by atoms with Crippen LogP contribution in [0.15, 0.2) is 0 Å². The van der Waals surface area contributed by atoms with Gasteiger partial charge in [0.2, 0.25) is 5.91 Å². The van der Waals surface area contributed by atoms with Crippen LogP contribution in [-0.2, 0) is 9.59 Å². The Labute approximate surface area is 95.6 Å². The maximum absolute atomic E-state index is 11.7. The molecule has 1 saturated heterocycles. The van der Waals surface area contributed by atoms with Gasteiger partial charge in [-0.25, -0.2) is 0 Å². The third kappa shape index (κ3) is 4.69. The molecule has 1 fully saturated rings. The number of Topliss-reactive ketones (excluding diaryl/α,β-unsaturated/α-hetero) is 1. The Morgan fingerprint density at radius 2 is 2.00 bits per heavy atom. The number of ketones is 1. The molecule has 1 amide bonds. The maximum atomic E-state index is 11.7. The highest BCUT2D eigenvalue weighted by Gasteiger charge is 2.20. The fourth-order valence-electron chi connectivity index (χ4n) is 1.48. The minimum Gasteiger partial charge on any atom is -0.341 e. The molecular formula is C11H19NO2S. The zero-order valence-corrected chi connectivity index (χ0v) is 10.3. The highest BCUT2D eigenvalue weighted by Crippen LogP contribution is 2.11. The smallest absolute Gasteiger partial charge is 0.232 e. The van der Waals surface area contributed by atoms with E-state index in [1.165, 1.54) is 0 Å². The van der Waals surface area contributed by atoms with Gasteiger partial charge in [0.25, 0.3) is 0 Å². The second-order valence-corrected chi connectivity index (χ2v) is 5.36. The molecule has 86 valence electrons. The van der Waals surface area contributed by atoms with E-state index in [4.69, 9.17) is 0 Å². The summed E-state index contributed by atoms with van der Waals surface area (Å²) in [5.41, 5.74) is 0. The van der Waals surface area contributed by atoms with Gasteiger partial charge in [0.15, 0.2) is 0 Å². The molecule has 0 saturated carbocycles. The zero-order valence-electron chi connectivity index (χ0n) is 9.49. The Morgan fingerprint density at radius 1 is 1.40 bits per heavy atom. The van der Waals surface area contributed by atoms with Crippen molar-refractivity contribution in [3.8, 4) is 0 Å². The van der Waals surface area contributed by atoms with Crippen molar-refractivity contribution in [3.05, 3.63) is 0 Å². The van der Waals surface area contributed by atoms with Crippen molar-refractivity contribution in [2.24, 2.45) is 5.92 Å². The summed E-state index contributed by atoms with van der Waals surface area (Å²) in [6, 6.07) is 0. The van der Waals surface area contributed by atoms with Crippen LogP contribution in [0.4, 0.5) is 0 Å². The van der Waals surface area contributed by atoms with Gasteiger partial charge < -0.3 is 4.90 Å². The number of hydrogen-bond acceptors (Lipinski definition) is 3. The Balaban J connectivity index is 2.19. The van der Waals surface area contributed by atoms with E-state index in [-0.39, 0.29) is 11.7 Å². The molecule has 15 heavy (non-hydrogen) atoms. The largest absolute Gasteiger partial charge is 0.341 e. The average Bonchev–Trinajstić information content (AvgIpc) is 2.18. The number of carbonyl (C=O) groups is 2. The second kappa shape index (κ2) is 6.16. The summed E-state index contributed by atoms with van der Waals surface area (Å²) in [5.74, 6) is 2.69. The van der Waals surface area contributed by atoms with Crippen LogP contribution < -0.4 is 0 Å². The van der Waals surface area contributed by atoms with E-state index in [9.17, 15) is 9.59 Å². The Hall–Kier alpha value is -0.510. The number of amides is 1. The summed E-state index contributed by atoms with van der Waals surface area (Å²) in [6.07, 6.45) is 1.08. The third-order valence-electron chi connectivity index (χ3n) is 2.35. The minimum absolute atomic E-state index is 0.188. The fraction of sp³-hybridized carbons (Fsp3) is 0.818. The molecule has 0 aromatic rings. The van der Waals surface area contributed by atoms with Crippen LogP contribution in [0.5, 0.6) is 0 Å². The first kappa shape index (κ1) is 12.6. The van der Waals surface area contributed by atoms with E-state index in [1.807, 2.05) is 4.90 Å². The Bertz CT molecular complexity index is 231. The van der Waals surface area contributed by atoms with Crippen LogP contribution in [0.3, 0.4) is 0 Å². The number of nitrogens with zero attached hydrogens (tertiary/aromatic N) is 1. The summed E-state index contributed by atoms with van der Waals surface area (Å²) >= 11 is 1.69. The molecule has 0 aromatic heterocycles. The van der Waals surface area contributed by atoms with Gasteiger partial charge in [-0.1, -0.05) is 13.8 Å². The van der Waals surface area contributed by atoms with Gasteiger partial charge in [-0.2, -0.15) is 11.8 Å². The molecule has 0 radical (unpaired) electrons. The molecule has 0 N–H and O–H groups in total. The lowest BCUT2D eigenvalue weighted by Gasteiger charge is -2.26. The van der Waals surface area contributed by atoms with Crippen molar-refractivity contribution >= 4 is 23.5 Å². The molecule has 1 aliphatic rings. The summed E-state index contributed by atoms with van der Waals surface area (Å²) in [5, 5.41) is 0. The van der Waals surface area contributed by atoms with Gasteiger partial charge in [0.05, 0.1) is 5.75 Å². The number of hydrogen-bond donors (Lipinski definition) is 0. The van der Waals surface area contributed by atoms with Crippen molar-refractivity contribution in [2.75, 3.05) is 24.6 Å². The summed E-state index contributed by atoms with van der Waals surface area (Å²) in [6.45, 7) is 5.55. The van der Waals surface area contributed by atoms with Gasteiger partial charge in [-0.05, 0) is 11.7 Å². The molecule has 4 heteroatoms. The monoisotopic (exact) mass is 229 g/mol. The second-order valence-electron chi connectivity index (χ2n) is 4.33. The number of rotatable bonds is 4. The third-order valence-corrected chi connectivity index (χ3v) is 3.70. The van der Waals surface area contributed by atoms with Crippen LogP contribution in [0.1, 0.15) is 26.7 Å². The van der Waals surface area contributed by atoms with E-state index in [1.54, 1.807) is 11.8 Å². The highest BCUT2D eigenvalue weighted by atomic mass is 32.2. The quantitative estimate of drug-likeness (QED) is 0.734.